The second kappa shape index (κ2) is 9.61. The minimum atomic E-state index is -0.0140. The Morgan fingerprint density at radius 3 is 3.19 bits per heavy atom. The molecule has 1 heterocycles. The van der Waals surface area contributed by atoms with E-state index in [0.717, 1.165) is 33.4 Å². The summed E-state index contributed by atoms with van der Waals surface area (Å²) in [6.07, 6.45) is 0. The molecule has 1 atom stereocenters. The summed E-state index contributed by atoms with van der Waals surface area (Å²) in [5.74, 6) is 4.57. The van der Waals surface area contributed by atoms with E-state index < -0.39 is 0 Å². The SMILES string of the molecule is O=C(NCCSCCOc1cccc(Br)c1)C1CSCN1. The third-order valence-electron chi connectivity index (χ3n) is 2.87. The first-order valence-electron chi connectivity index (χ1n) is 6.80. The molecule has 0 saturated carbocycles. The summed E-state index contributed by atoms with van der Waals surface area (Å²) in [7, 11) is 0. The van der Waals surface area contributed by atoms with Crippen molar-refractivity contribution in [2.45, 2.75) is 6.04 Å². The summed E-state index contributed by atoms with van der Waals surface area (Å²) in [5, 5.41) is 6.12. The average molecular weight is 391 g/mol. The number of benzene rings is 1. The summed E-state index contributed by atoms with van der Waals surface area (Å²) in [5.41, 5.74) is 0. The van der Waals surface area contributed by atoms with Crippen LogP contribution in [0.25, 0.3) is 0 Å². The lowest BCUT2D eigenvalue weighted by Crippen LogP contribution is -2.42. The van der Waals surface area contributed by atoms with Crippen LogP contribution in [-0.2, 0) is 4.79 Å². The van der Waals surface area contributed by atoms with E-state index >= 15 is 0 Å². The molecule has 1 fully saturated rings. The van der Waals surface area contributed by atoms with Gasteiger partial charge in [-0.2, -0.15) is 11.8 Å². The van der Waals surface area contributed by atoms with Gasteiger partial charge in [-0.05, 0) is 18.2 Å². The van der Waals surface area contributed by atoms with Gasteiger partial charge >= 0.3 is 0 Å². The van der Waals surface area contributed by atoms with E-state index in [2.05, 4.69) is 26.6 Å². The van der Waals surface area contributed by atoms with Crippen LogP contribution >= 0.6 is 39.5 Å². The highest BCUT2D eigenvalue weighted by atomic mass is 79.9. The van der Waals surface area contributed by atoms with E-state index in [1.807, 2.05) is 24.3 Å². The lowest BCUT2D eigenvalue weighted by atomic mass is 10.3. The lowest BCUT2D eigenvalue weighted by molar-refractivity contribution is -0.122. The molecule has 1 saturated heterocycles. The van der Waals surface area contributed by atoms with Crippen LogP contribution in [0.3, 0.4) is 0 Å². The molecule has 0 spiro atoms. The minimum Gasteiger partial charge on any atom is -0.493 e. The minimum absolute atomic E-state index is 0.0140. The molecule has 7 heteroatoms. The van der Waals surface area contributed by atoms with Crippen molar-refractivity contribution in [3.63, 3.8) is 0 Å². The Kier molecular flexibility index (Phi) is 7.77. The maximum atomic E-state index is 11.7. The first kappa shape index (κ1) is 17.0. The van der Waals surface area contributed by atoms with E-state index in [9.17, 15) is 4.79 Å². The van der Waals surface area contributed by atoms with Gasteiger partial charge in [0.25, 0.3) is 0 Å². The molecule has 0 radical (unpaired) electrons. The third-order valence-corrected chi connectivity index (χ3v) is 5.25. The predicted octanol–water partition coefficient (Wildman–Crippen LogP) is 2.34. The van der Waals surface area contributed by atoms with Gasteiger partial charge < -0.3 is 10.1 Å². The van der Waals surface area contributed by atoms with Gasteiger partial charge in [0.15, 0.2) is 0 Å². The Labute approximate surface area is 142 Å². The van der Waals surface area contributed by atoms with Gasteiger partial charge in [0.1, 0.15) is 5.75 Å². The van der Waals surface area contributed by atoms with E-state index in [1.165, 1.54) is 0 Å². The maximum absolute atomic E-state index is 11.7. The molecule has 0 aliphatic carbocycles. The monoisotopic (exact) mass is 390 g/mol. The van der Waals surface area contributed by atoms with Crippen molar-refractivity contribution in [2.75, 3.05) is 36.3 Å². The number of rotatable bonds is 8. The first-order chi connectivity index (χ1) is 10.3. The standard InChI is InChI=1S/C14H19BrN2O2S2/c15-11-2-1-3-12(8-11)19-5-7-20-6-4-16-14(18)13-9-21-10-17-13/h1-3,8,13,17H,4-7,9-10H2,(H,16,18). The van der Waals surface area contributed by atoms with E-state index in [4.69, 9.17) is 4.74 Å². The Hall–Kier alpha value is -0.370. The molecule has 21 heavy (non-hydrogen) atoms. The maximum Gasteiger partial charge on any atom is 0.238 e. The molecule has 1 aliphatic rings. The Morgan fingerprint density at radius 1 is 1.52 bits per heavy atom. The number of halogens is 1. The van der Waals surface area contributed by atoms with E-state index in [1.54, 1.807) is 23.5 Å². The van der Waals surface area contributed by atoms with Crippen molar-refractivity contribution in [3.8, 4) is 5.75 Å². The second-order valence-corrected chi connectivity index (χ2v) is 7.65. The summed E-state index contributed by atoms with van der Waals surface area (Å²) in [6.45, 7) is 1.39. The number of carbonyl (C=O) groups excluding carboxylic acids is 1. The molecule has 1 aliphatic heterocycles. The third kappa shape index (κ3) is 6.50. The van der Waals surface area contributed by atoms with E-state index in [-0.39, 0.29) is 11.9 Å². The molecule has 1 unspecified atom stereocenters. The number of thioether (sulfide) groups is 2. The van der Waals surface area contributed by atoms with Crippen molar-refractivity contribution in [3.05, 3.63) is 28.7 Å². The van der Waals surface area contributed by atoms with Crippen LogP contribution < -0.4 is 15.4 Å². The molecule has 0 aromatic heterocycles. The van der Waals surface area contributed by atoms with E-state index in [0.29, 0.717) is 13.2 Å². The highest BCUT2D eigenvalue weighted by Gasteiger charge is 2.21. The number of ether oxygens (including phenoxy) is 1. The molecular weight excluding hydrogens is 372 g/mol. The highest BCUT2D eigenvalue weighted by Crippen LogP contribution is 2.17. The van der Waals surface area contributed by atoms with Gasteiger partial charge in [-0.25, -0.2) is 0 Å². The summed E-state index contributed by atoms with van der Waals surface area (Å²) < 4.78 is 6.67. The van der Waals surface area contributed by atoms with Gasteiger partial charge in [0, 0.05) is 34.2 Å². The van der Waals surface area contributed by atoms with Crippen LogP contribution in [0.1, 0.15) is 0 Å². The zero-order valence-corrected chi connectivity index (χ0v) is 14.9. The molecular formula is C14H19BrN2O2S2. The van der Waals surface area contributed by atoms with Crippen LogP contribution in [0.2, 0.25) is 0 Å². The van der Waals surface area contributed by atoms with Crippen LogP contribution in [-0.4, -0.2) is 48.2 Å². The number of carbonyl (C=O) groups is 1. The van der Waals surface area contributed by atoms with Crippen LogP contribution in [0.5, 0.6) is 5.75 Å². The summed E-state index contributed by atoms with van der Waals surface area (Å²) >= 11 is 6.96. The number of hydrogen-bond donors (Lipinski definition) is 2. The largest absolute Gasteiger partial charge is 0.493 e. The number of nitrogens with one attached hydrogen (secondary N) is 2. The Bertz CT molecular complexity index is 456. The summed E-state index contributed by atoms with van der Waals surface area (Å²) in [6, 6.07) is 7.82. The molecule has 1 aromatic rings. The Balaban J connectivity index is 1.47. The predicted molar refractivity (Wildman–Crippen MR) is 94.2 cm³/mol. The van der Waals surface area contributed by atoms with Crippen molar-refractivity contribution < 1.29 is 9.53 Å². The first-order valence-corrected chi connectivity index (χ1v) is 9.91. The molecule has 4 nitrogen and oxygen atoms in total. The van der Waals surface area contributed by atoms with Crippen molar-refractivity contribution in [2.24, 2.45) is 0 Å². The highest BCUT2D eigenvalue weighted by molar-refractivity contribution is 9.10. The number of amides is 1. The smallest absolute Gasteiger partial charge is 0.238 e. The van der Waals surface area contributed by atoms with Crippen LogP contribution in [0.4, 0.5) is 0 Å². The number of hydrogen-bond acceptors (Lipinski definition) is 5. The molecule has 0 bridgehead atoms. The fourth-order valence-electron chi connectivity index (χ4n) is 1.81. The molecule has 116 valence electrons. The lowest BCUT2D eigenvalue weighted by Gasteiger charge is -2.10. The fourth-order valence-corrected chi connectivity index (χ4v) is 3.78. The van der Waals surface area contributed by atoms with Crippen LogP contribution in [0.15, 0.2) is 28.7 Å². The average Bonchev–Trinajstić information content (AvgIpc) is 3.00. The van der Waals surface area contributed by atoms with Crippen molar-refractivity contribution in [1.82, 2.24) is 10.6 Å². The zero-order valence-electron chi connectivity index (χ0n) is 11.6. The van der Waals surface area contributed by atoms with Gasteiger partial charge in [-0.3, -0.25) is 10.1 Å². The molecule has 2 N–H and O–H groups in total. The van der Waals surface area contributed by atoms with Gasteiger partial charge in [0.2, 0.25) is 5.91 Å². The molecule has 1 aromatic carbocycles. The fraction of sp³-hybridized carbons (Fsp3) is 0.500. The van der Waals surface area contributed by atoms with Crippen LogP contribution in [0, 0.1) is 0 Å². The zero-order chi connectivity index (χ0) is 14.9. The summed E-state index contributed by atoms with van der Waals surface area (Å²) in [4.78, 5) is 11.7. The quantitative estimate of drug-likeness (QED) is 0.667. The Morgan fingerprint density at radius 2 is 2.43 bits per heavy atom. The normalized spacial score (nSPS) is 17.7. The van der Waals surface area contributed by atoms with Crippen molar-refractivity contribution in [1.29, 1.82) is 0 Å². The van der Waals surface area contributed by atoms with Crippen molar-refractivity contribution >= 4 is 45.4 Å². The second-order valence-electron chi connectivity index (χ2n) is 4.48. The molecule has 2 rings (SSSR count). The van der Waals surface area contributed by atoms with Gasteiger partial charge in [-0.1, -0.05) is 22.0 Å². The van der Waals surface area contributed by atoms with Gasteiger partial charge in [0.05, 0.1) is 12.6 Å². The van der Waals surface area contributed by atoms with Gasteiger partial charge in [-0.15, -0.1) is 11.8 Å². The molecule has 1 amide bonds. The topological polar surface area (TPSA) is 50.4 Å².